The molecule has 0 saturated heterocycles. The number of hydrogen-bond acceptors (Lipinski definition) is 4. The number of amides is 1. The Bertz CT molecular complexity index is 1230. The van der Waals surface area contributed by atoms with Gasteiger partial charge in [0.15, 0.2) is 21.5 Å². The third-order valence-corrected chi connectivity index (χ3v) is 10.2. The molecule has 2 fully saturated rings. The van der Waals surface area contributed by atoms with E-state index in [1.807, 2.05) is 6.92 Å². The van der Waals surface area contributed by atoms with Crippen molar-refractivity contribution in [1.29, 1.82) is 0 Å². The second-order valence-electron chi connectivity index (χ2n) is 9.51. The van der Waals surface area contributed by atoms with E-state index in [0.717, 1.165) is 12.5 Å². The predicted molar refractivity (Wildman–Crippen MR) is 122 cm³/mol. The molecule has 0 aromatic heterocycles. The summed E-state index contributed by atoms with van der Waals surface area (Å²) in [7, 11) is -3.87. The van der Waals surface area contributed by atoms with Crippen LogP contribution in [0.4, 0.5) is 14.5 Å². The highest BCUT2D eigenvalue weighted by Gasteiger charge is 2.56. The van der Waals surface area contributed by atoms with Crippen LogP contribution in [0.25, 0.3) is 0 Å². The number of sulfone groups is 1. The van der Waals surface area contributed by atoms with Gasteiger partial charge in [-0.15, -0.1) is 0 Å². The molecule has 2 bridgehead atoms. The number of hydrogen-bond donors (Lipinski definition) is 2. The fourth-order valence-electron chi connectivity index (χ4n) is 5.51. The van der Waals surface area contributed by atoms with Crippen molar-refractivity contribution in [2.75, 3.05) is 5.32 Å². The van der Waals surface area contributed by atoms with E-state index < -0.39 is 38.2 Å². The summed E-state index contributed by atoms with van der Waals surface area (Å²) in [4.78, 5) is 12.6. The van der Waals surface area contributed by atoms with Gasteiger partial charge in [-0.3, -0.25) is 4.79 Å². The molecule has 33 heavy (non-hydrogen) atoms. The van der Waals surface area contributed by atoms with Crippen molar-refractivity contribution < 1.29 is 27.1 Å². The Morgan fingerprint density at radius 1 is 1.18 bits per heavy atom. The molecule has 2 N–H and O–H groups in total. The Kier molecular flexibility index (Phi) is 6.08. The number of nitrogens with one attached hydrogen (secondary N) is 1. The van der Waals surface area contributed by atoms with Gasteiger partial charge in [-0.05, 0) is 81.2 Å². The first-order valence-corrected chi connectivity index (χ1v) is 12.8. The van der Waals surface area contributed by atoms with E-state index in [1.165, 1.54) is 31.2 Å². The molecule has 2 aromatic rings. The number of carbonyl (C=O) groups excluding carboxylic acids is 1. The Labute approximate surface area is 197 Å². The van der Waals surface area contributed by atoms with Gasteiger partial charge in [-0.2, -0.15) is 0 Å². The second-order valence-corrected chi connectivity index (χ2v) is 12.1. The molecule has 1 amide bonds. The number of fused-ring (bicyclic) bond motifs is 2. The van der Waals surface area contributed by atoms with Crippen molar-refractivity contribution in [2.45, 2.75) is 55.8 Å². The van der Waals surface area contributed by atoms with Crippen LogP contribution in [0.3, 0.4) is 0 Å². The van der Waals surface area contributed by atoms with E-state index in [9.17, 15) is 27.1 Å². The van der Waals surface area contributed by atoms with Crippen LogP contribution in [0.15, 0.2) is 35.2 Å². The van der Waals surface area contributed by atoms with Gasteiger partial charge in [-0.1, -0.05) is 18.5 Å². The minimum absolute atomic E-state index is 0.00767. The lowest BCUT2D eigenvalue weighted by Gasteiger charge is -2.40. The third-order valence-electron chi connectivity index (χ3n) is 7.51. The summed E-state index contributed by atoms with van der Waals surface area (Å²) >= 11 is 6.25. The summed E-state index contributed by atoms with van der Waals surface area (Å²) in [5, 5.41) is 12.6. The van der Waals surface area contributed by atoms with Crippen LogP contribution in [-0.4, -0.2) is 30.3 Å². The van der Waals surface area contributed by atoms with Gasteiger partial charge in [-0.25, -0.2) is 17.2 Å². The zero-order valence-electron chi connectivity index (χ0n) is 18.5. The van der Waals surface area contributed by atoms with E-state index in [-0.39, 0.29) is 44.5 Å². The standard InChI is InChI=1S/C24H26ClF2NO4S/c1-12-8-15-10-16(11-17(12)24(15,3)30)33(31,32)21-9-14(4-5-18(21)25)23(29)28-20-7-6-19(26)22(27)13(20)2/h4-7,9,12,15-17,30H,8,10-11H2,1-3H3,(H,28,29)/t12-,15?,16+,17+,24+/m0/s1. The smallest absolute Gasteiger partial charge is 0.255 e. The van der Waals surface area contributed by atoms with Gasteiger partial charge in [0.05, 0.1) is 20.8 Å². The topological polar surface area (TPSA) is 83.5 Å². The summed E-state index contributed by atoms with van der Waals surface area (Å²) in [6.07, 6.45) is 1.43. The van der Waals surface area contributed by atoms with Crippen molar-refractivity contribution in [3.8, 4) is 0 Å². The molecule has 0 heterocycles. The third kappa shape index (κ3) is 4.06. The quantitative estimate of drug-likeness (QED) is 0.612. The largest absolute Gasteiger partial charge is 0.390 e. The van der Waals surface area contributed by atoms with Gasteiger partial charge in [0.25, 0.3) is 5.91 Å². The maximum atomic E-state index is 13.8. The summed E-state index contributed by atoms with van der Waals surface area (Å²) in [5.41, 5.74) is -0.845. The van der Waals surface area contributed by atoms with Crippen molar-refractivity contribution in [2.24, 2.45) is 17.8 Å². The average Bonchev–Trinajstić information content (AvgIpc) is 2.87. The molecule has 9 heteroatoms. The molecule has 1 unspecified atom stereocenters. The number of aliphatic hydroxyl groups is 1. The van der Waals surface area contributed by atoms with E-state index in [4.69, 9.17) is 11.6 Å². The van der Waals surface area contributed by atoms with Crippen LogP contribution < -0.4 is 5.32 Å². The van der Waals surface area contributed by atoms with E-state index in [1.54, 1.807) is 6.92 Å². The van der Waals surface area contributed by atoms with E-state index in [2.05, 4.69) is 5.32 Å². The van der Waals surface area contributed by atoms with Crippen LogP contribution in [0.2, 0.25) is 5.02 Å². The number of carbonyl (C=O) groups is 1. The molecule has 2 aliphatic rings. The van der Waals surface area contributed by atoms with Crippen LogP contribution in [0.5, 0.6) is 0 Å². The van der Waals surface area contributed by atoms with E-state index >= 15 is 0 Å². The monoisotopic (exact) mass is 497 g/mol. The van der Waals surface area contributed by atoms with Gasteiger partial charge >= 0.3 is 0 Å². The SMILES string of the molecule is Cc1c(NC(=O)c2ccc(Cl)c(S(=O)(=O)[C@@H]3CC4C[C@H](C)[C@@H](C3)[C@]4(C)O)c2)ccc(F)c1F. The minimum Gasteiger partial charge on any atom is -0.390 e. The average molecular weight is 498 g/mol. The fourth-order valence-corrected chi connectivity index (χ4v) is 7.89. The van der Waals surface area contributed by atoms with Crippen molar-refractivity contribution in [3.05, 3.63) is 58.1 Å². The Balaban J connectivity index is 1.62. The molecule has 5 nitrogen and oxygen atoms in total. The first-order chi connectivity index (χ1) is 15.3. The van der Waals surface area contributed by atoms with Crippen molar-refractivity contribution >= 4 is 33.0 Å². The summed E-state index contributed by atoms with van der Waals surface area (Å²) in [6.45, 7) is 5.15. The normalized spacial score (nSPS) is 29.2. The fraction of sp³-hybridized carbons (Fsp3) is 0.458. The van der Waals surface area contributed by atoms with Crippen molar-refractivity contribution in [3.63, 3.8) is 0 Å². The highest BCUT2D eigenvalue weighted by molar-refractivity contribution is 7.92. The highest BCUT2D eigenvalue weighted by atomic mass is 35.5. The van der Waals surface area contributed by atoms with Crippen molar-refractivity contribution in [1.82, 2.24) is 0 Å². The summed E-state index contributed by atoms with van der Waals surface area (Å²) in [6, 6.07) is 6.09. The first-order valence-electron chi connectivity index (χ1n) is 10.9. The molecule has 0 radical (unpaired) electrons. The van der Waals surface area contributed by atoms with Crippen LogP contribution in [0, 0.1) is 36.3 Å². The van der Waals surface area contributed by atoms with Gasteiger partial charge in [0.1, 0.15) is 0 Å². The molecule has 2 aliphatic carbocycles. The number of benzene rings is 2. The second kappa shape index (κ2) is 8.32. The molecule has 178 valence electrons. The van der Waals surface area contributed by atoms with Gasteiger partial charge in [0, 0.05) is 16.8 Å². The molecule has 2 saturated carbocycles. The molecular weight excluding hydrogens is 472 g/mol. The van der Waals surface area contributed by atoms with Crippen LogP contribution in [-0.2, 0) is 9.84 Å². The molecule has 4 rings (SSSR count). The zero-order valence-corrected chi connectivity index (χ0v) is 20.1. The lowest BCUT2D eigenvalue weighted by atomic mass is 9.74. The molecule has 2 aromatic carbocycles. The Morgan fingerprint density at radius 2 is 1.88 bits per heavy atom. The summed E-state index contributed by atoms with van der Waals surface area (Å²) in [5.74, 6) is -2.79. The van der Waals surface area contributed by atoms with Crippen LogP contribution >= 0.6 is 11.6 Å². The van der Waals surface area contributed by atoms with Gasteiger partial charge in [0.2, 0.25) is 0 Å². The maximum Gasteiger partial charge on any atom is 0.255 e. The minimum atomic E-state index is -3.87. The highest BCUT2D eigenvalue weighted by Crippen LogP contribution is 2.54. The van der Waals surface area contributed by atoms with Crippen LogP contribution in [0.1, 0.15) is 49.0 Å². The predicted octanol–water partition coefficient (Wildman–Crippen LogP) is 5.14. The Hall–Kier alpha value is -2.03. The molecule has 0 aliphatic heterocycles. The summed E-state index contributed by atoms with van der Waals surface area (Å²) < 4.78 is 54.3. The maximum absolute atomic E-state index is 13.8. The number of halogens is 3. The number of anilines is 1. The zero-order chi connectivity index (χ0) is 24.3. The first kappa shape index (κ1) is 24.1. The molecular formula is C24H26ClF2NO4S. The lowest BCUT2D eigenvalue weighted by Crippen LogP contribution is -2.46. The number of rotatable bonds is 4. The van der Waals surface area contributed by atoms with E-state index in [0.29, 0.717) is 12.8 Å². The Morgan fingerprint density at radius 3 is 2.55 bits per heavy atom. The molecule has 0 spiro atoms. The molecule has 5 atom stereocenters. The van der Waals surface area contributed by atoms with Gasteiger partial charge < -0.3 is 10.4 Å². The lowest BCUT2D eigenvalue weighted by molar-refractivity contribution is -0.0466.